The smallest absolute Gasteiger partial charge is 0.187 e. The van der Waals surface area contributed by atoms with Crippen molar-refractivity contribution < 1.29 is 9.47 Å². The van der Waals surface area contributed by atoms with Gasteiger partial charge < -0.3 is 14.8 Å². The zero-order valence-electron chi connectivity index (χ0n) is 15.6. The molecule has 1 N–H and O–H groups in total. The molecule has 28 heavy (non-hydrogen) atoms. The van der Waals surface area contributed by atoms with E-state index in [1.807, 2.05) is 61.0 Å². The number of nitrogens with zero attached hydrogens (tertiary/aromatic N) is 3. The number of methoxy groups -OCH3 is 1. The zero-order valence-corrected chi connectivity index (χ0v) is 18.1. The van der Waals surface area contributed by atoms with Crippen LogP contribution in [0, 0.1) is 6.92 Å². The van der Waals surface area contributed by atoms with E-state index in [0.29, 0.717) is 13.2 Å². The predicted molar refractivity (Wildman–Crippen MR) is 118 cm³/mol. The monoisotopic (exact) mass is 460 g/mol. The molecule has 8 heteroatoms. The van der Waals surface area contributed by atoms with Crippen LogP contribution in [0.4, 0.5) is 10.8 Å². The van der Waals surface area contributed by atoms with E-state index in [-0.39, 0.29) is 17.0 Å². The topological polar surface area (TPSA) is 60.7 Å². The lowest BCUT2D eigenvalue weighted by Crippen LogP contribution is -2.04. The van der Waals surface area contributed by atoms with Crippen LogP contribution < -0.4 is 10.1 Å². The maximum atomic E-state index is 5.58. The van der Waals surface area contributed by atoms with Crippen LogP contribution in [0.25, 0.3) is 17.0 Å². The van der Waals surface area contributed by atoms with E-state index in [0.717, 1.165) is 39.3 Å². The van der Waals surface area contributed by atoms with Crippen molar-refractivity contribution in [3.63, 3.8) is 0 Å². The molecule has 0 spiro atoms. The molecule has 0 radical (unpaired) electrons. The van der Waals surface area contributed by atoms with Crippen molar-refractivity contribution >= 4 is 44.8 Å². The summed E-state index contributed by atoms with van der Waals surface area (Å²) < 4.78 is 12.6. The minimum absolute atomic E-state index is 0. The quantitative estimate of drug-likeness (QED) is 0.388. The number of thiazole rings is 1. The summed E-state index contributed by atoms with van der Waals surface area (Å²) in [6.07, 6.45) is 2.01. The minimum Gasteiger partial charge on any atom is -0.491 e. The summed E-state index contributed by atoms with van der Waals surface area (Å²) in [5.74, 6) is 0.818. The highest BCUT2D eigenvalue weighted by Gasteiger charge is 2.14. The lowest BCUT2D eigenvalue weighted by molar-refractivity contribution is 0.146. The standard InChI is InChI=1S/C20H20N4O2S.BrH/c1-14-19(24-10-4-3-5-18(24)21-14)17-13-27-20(23-17)22-15-6-8-16(9-7-15)26-12-11-25-2;/h3-10,13H,11-12H2,1-2H3,(H,22,23);1H. The van der Waals surface area contributed by atoms with Gasteiger partial charge >= 0.3 is 0 Å². The fraction of sp³-hybridized carbons (Fsp3) is 0.200. The number of imidazole rings is 1. The lowest BCUT2D eigenvalue weighted by Gasteiger charge is -2.07. The summed E-state index contributed by atoms with van der Waals surface area (Å²) in [5.41, 5.74) is 4.80. The molecule has 0 fully saturated rings. The van der Waals surface area contributed by atoms with E-state index >= 15 is 0 Å². The van der Waals surface area contributed by atoms with Gasteiger partial charge in [0, 0.05) is 24.4 Å². The van der Waals surface area contributed by atoms with E-state index < -0.39 is 0 Å². The molecule has 0 amide bonds. The van der Waals surface area contributed by atoms with Crippen LogP contribution in [0.15, 0.2) is 54.0 Å². The first-order valence-corrected chi connectivity index (χ1v) is 9.51. The van der Waals surface area contributed by atoms with Crippen LogP contribution in [-0.2, 0) is 4.74 Å². The number of benzene rings is 1. The van der Waals surface area contributed by atoms with E-state index in [9.17, 15) is 0 Å². The first-order chi connectivity index (χ1) is 13.2. The van der Waals surface area contributed by atoms with Crippen molar-refractivity contribution in [1.29, 1.82) is 0 Å². The first-order valence-electron chi connectivity index (χ1n) is 8.63. The Hall–Kier alpha value is -2.42. The van der Waals surface area contributed by atoms with Gasteiger partial charge in [-0.15, -0.1) is 28.3 Å². The van der Waals surface area contributed by atoms with Crippen molar-refractivity contribution in [2.45, 2.75) is 6.92 Å². The number of aryl methyl sites for hydroxylation is 1. The average molecular weight is 461 g/mol. The lowest BCUT2D eigenvalue weighted by atomic mass is 10.3. The van der Waals surface area contributed by atoms with Crippen LogP contribution >= 0.6 is 28.3 Å². The van der Waals surface area contributed by atoms with Gasteiger partial charge in [-0.25, -0.2) is 9.97 Å². The SMILES string of the molecule is Br.COCCOc1ccc(Nc2nc(-c3c(C)nc4ccccn34)cs2)cc1. The van der Waals surface area contributed by atoms with Crippen molar-refractivity contribution in [3.8, 4) is 17.1 Å². The van der Waals surface area contributed by atoms with Gasteiger partial charge in [0.25, 0.3) is 0 Å². The average Bonchev–Trinajstić information content (AvgIpc) is 3.26. The van der Waals surface area contributed by atoms with Crippen LogP contribution in [0.1, 0.15) is 5.69 Å². The maximum Gasteiger partial charge on any atom is 0.187 e. The number of hydrogen-bond donors (Lipinski definition) is 1. The second-order valence-corrected chi connectivity index (χ2v) is 6.86. The summed E-state index contributed by atoms with van der Waals surface area (Å²) in [6, 6.07) is 13.8. The third-order valence-corrected chi connectivity index (χ3v) is 4.87. The molecule has 0 atom stereocenters. The number of fused-ring (bicyclic) bond motifs is 1. The first kappa shape index (κ1) is 20.3. The van der Waals surface area contributed by atoms with E-state index in [1.54, 1.807) is 18.4 Å². The molecule has 0 aliphatic heterocycles. The van der Waals surface area contributed by atoms with Gasteiger partial charge in [0.05, 0.1) is 18.0 Å². The largest absolute Gasteiger partial charge is 0.491 e. The zero-order chi connectivity index (χ0) is 18.6. The van der Waals surface area contributed by atoms with Crippen molar-refractivity contribution in [3.05, 3.63) is 59.7 Å². The molecule has 6 nitrogen and oxygen atoms in total. The molecule has 0 aliphatic carbocycles. The molecule has 0 saturated heterocycles. The molecule has 0 aliphatic rings. The van der Waals surface area contributed by atoms with Crippen LogP contribution in [0.5, 0.6) is 5.75 Å². The number of nitrogens with one attached hydrogen (secondary N) is 1. The van der Waals surface area contributed by atoms with Crippen molar-refractivity contribution in [1.82, 2.24) is 14.4 Å². The molecule has 1 aromatic carbocycles. The Balaban J connectivity index is 0.00000225. The molecular formula is C20H21BrN4O2S. The summed E-state index contributed by atoms with van der Waals surface area (Å²) in [6.45, 7) is 3.12. The number of ether oxygens (including phenoxy) is 2. The molecule has 0 bridgehead atoms. The Morgan fingerprint density at radius 3 is 2.68 bits per heavy atom. The maximum absolute atomic E-state index is 5.58. The number of anilines is 2. The summed E-state index contributed by atoms with van der Waals surface area (Å²) in [4.78, 5) is 9.35. The van der Waals surface area contributed by atoms with Gasteiger partial charge in [0.2, 0.25) is 0 Å². The Morgan fingerprint density at radius 1 is 1.07 bits per heavy atom. The van der Waals surface area contributed by atoms with Gasteiger partial charge in [-0.1, -0.05) is 6.07 Å². The second kappa shape index (κ2) is 9.18. The van der Waals surface area contributed by atoms with Gasteiger partial charge in [0.15, 0.2) is 5.13 Å². The Morgan fingerprint density at radius 2 is 1.89 bits per heavy atom. The highest BCUT2D eigenvalue weighted by atomic mass is 79.9. The van der Waals surface area contributed by atoms with E-state index in [2.05, 4.69) is 14.7 Å². The fourth-order valence-electron chi connectivity index (χ4n) is 2.86. The van der Waals surface area contributed by atoms with Gasteiger partial charge in [0.1, 0.15) is 23.7 Å². The van der Waals surface area contributed by atoms with Crippen molar-refractivity contribution in [2.24, 2.45) is 0 Å². The molecule has 0 saturated carbocycles. The molecule has 0 unspecified atom stereocenters. The van der Waals surface area contributed by atoms with Gasteiger partial charge in [-0.05, 0) is 43.3 Å². The Bertz CT molecular complexity index is 1050. The summed E-state index contributed by atoms with van der Waals surface area (Å²) in [5, 5.41) is 6.23. The van der Waals surface area contributed by atoms with Crippen LogP contribution in [0.2, 0.25) is 0 Å². The Kier molecular flexibility index (Phi) is 6.66. The molecule has 3 heterocycles. The normalized spacial score (nSPS) is 10.6. The van der Waals surface area contributed by atoms with Gasteiger partial charge in [-0.3, -0.25) is 4.40 Å². The molecule has 3 aromatic heterocycles. The number of rotatable bonds is 7. The second-order valence-electron chi connectivity index (χ2n) is 6.00. The predicted octanol–water partition coefficient (Wildman–Crippen LogP) is 5.11. The van der Waals surface area contributed by atoms with E-state index in [4.69, 9.17) is 14.5 Å². The summed E-state index contributed by atoms with van der Waals surface area (Å²) in [7, 11) is 1.66. The molecular weight excluding hydrogens is 440 g/mol. The Labute approximate surface area is 177 Å². The number of hydrogen-bond acceptors (Lipinski definition) is 6. The number of pyridine rings is 1. The number of aromatic nitrogens is 3. The number of halogens is 1. The van der Waals surface area contributed by atoms with Crippen molar-refractivity contribution in [2.75, 3.05) is 25.6 Å². The van der Waals surface area contributed by atoms with E-state index in [1.165, 1.54) is 0 Å². The van der Waals surface area contributed by atoms with Crippen LogP contribution in [-0.4, -0.2) is 34.7 Å². The molecule has 4 aromatic rings. The minimum atomic E-state index is 0. The fourth-order valence-corrected chi connectivity index (χ4v) is 3.58. The third kappa shape index (κ3) is 4.35. The highest BCUT2D eigenvalue weighted by molar-refractivity contribution is 8.93. The summed E-state index contributed by atoms with van der Waals surface area (Å²) >= 11 is 1.57. The van der Waals surface area contributed by atoms with Gasteiger partial charge in [-0.2, -0.15) is 0 Å². The highest BCUT2D eigenvalue weighted by Crippen LogP contribution is 2.30. The van der Waals surface area contributed by atoms with Crippen LogP contribution in [0.3, 0.4) is 0 Å². The molecule has 4 rings (SSSR count). The molecule has 146 valence electrons. The third-order valence-electron chi connectivity index (χ3n) is 4.11.